The van der Waals surface area contributed by atoms with Gasteiger partial charge in [0.05, 0.1) is 5.92 Å². The van der Waals surface area contributed by atoms with E-state index in [-0.39, 0.29) is 17.6 Å². The predicted octanol–water partition coefficient (Wildman–Crippen LogP) is 2.76. The molecule has 1 heterocycles. The average Bonchev–Trinajstić information content (AvgIpc) is 2.27. The Hall–Kier alpha value is -1.71. The van der Waals surface area contributed by atoms with E-state index in [1.807, 2.05) is 13.8 Å². The molecule has 1 aliphatic rings. The molecule has 2 amide bonds. The standard InChI is InChI=1S/C15H18FNO2/c1-3-7-15(2)9-12(18)17-14(19)13(15)10-5-4-6-11(16)8-10/h4-6,8,13H,3,7,9H2,1-2H3,(H,17,18,19). The topological polar surface area (TPSA) is 46.2 Å². The molecule has 1 saturated heterocycles. The number of halogens is 1. The number of nitrogens with one attached hydrogen (secondary N) is 1. The Morgan fingerprint density at radius 3 is 2.79 bits per heavy atom. The smallest absolute Gasteiger partial charge is 0.234 e. The van der Waals surface area contributed by atoms with Crippen LogP contribution in [-0.2, 0) is 9.59 Å². The van der Waals surface area contributed by atoms with Gasteiger partial charge in [-0.1, -0.05) is 32.4 Å². The van der Waals surface area contributed by atoms with Crippen molar-refractivity contribution in [3.05, 3.63) is 35.6 Å². The number of imide groups is 1. The lowest BCUT2D eigenvalue weighted by atomic mass is 9.66. The zero-order chi connectivity index (χ0) is 14.0. The number of piperidine rings is 1. The van der Waals surface area contributed by atoms with Crippen LogP contribution in [0.1, 0.15) is 44.6 Å². The van der Waals surface area contributed by atoms with Gasteiger partial charge in [0.25, 0.3) is 0 Å². The lowest BCUT2D eigenvalue weighted by Crippen LogP contribution is -2.49. The summed E-state index contributed by atoms with van der Waals surface area (Å²) >= 11 is 0. The summed E-state index contributed by atoms with van der Waals surface area (Å²) < 4.78 is 13.4. The van der Waals surface area contributed by atoms with Gasteiger partial charge >= 0.3 is 0 Å². The first-order valence-corrected chi connectivity index (χ1v) is 6.55. The molecule has 1 aromatic rings. The molecule has 102 valence electrons. The molecule has 0 aromatic heterocycles. The zero-order valence-corrected chi connectivity index (χ0v) is 11.2. The van der Waals surface area contributed by atoms with Crippen molar-refractivity contribution in [1.29, 1.82) is 0 Å². The second-order valence-corrected chi connectivity index (χ2v) is 5.48. The fraction of sp³-hybridized carbons (Fsp3) is 0.467. The van der Waals surface area contributed by atoms with Crippen LogP contribution in [0, 0.1) is 11.2 Å². The third-order valence-electron chi connectivity index (χ3n) is 3.79. The van der Waals surface area contributed by atoms with Crippen molar-refractivity contribution in [1.82, 2.24) is 5.32 Å². The second kappa shape index (κ2) is 5.11. The van der Waals surface area contributed by atoms with E-state index in [0.29, 0.717) is 12.0 Å². The van der Waals surface area contributed by atoms with Crippen molar-refractivity contribution in [3.8, 4) is 0 Å². The molecule has 0 spiro atoms. The largest absolute Gasteiger partial charge is 0.296 e. The van der Waals surface area contributed by atoms with Gasteiger partial charge in [0.2, 0.25) is 11.8 Å². The highest BCUT2D eigenvalue weighted by molar-refractivity contribution is 6.02. The molecular weight excluding hydrogens is 245 g/mol. The van der Waals surface area contributed by atoms with Gasteiger partial charge in [0.15, 0.2) is 0 Å². The number of hydrogen-bond acceptors (Lipinski definition) is 2. The summed E-state index contributed by atoms with van der Waals surface area (Å²) in [6.07, 6.45) is 1.93. The van der Waals surface area contributed by atoms with Crippen molar-refractivity contribution < 1.29 is 14.0 Å². The van der Waals surface area contributed by atoms with Gasteiger partial charge in [-0.15, -0.1) is 0 Å². The van der Waals surface area contributed by atoms with E-state index in [0.717, 1.165) is 12.8 Å². The van der Waals surface area contributed by atoms with E-state index in [4.69, 9.17) is 0 Å². The summed E-state index contributed by atoms with van der Waals surface area (Å²) in [5, 5.41) is 2.36. The Morgan fingerprint density at radius 2 is 2.16 bits per heavy atom. The maximum absolute atomic E-state index is 13.4. The van der Waals surface area contributed by atoms with Crippen LogP contribution in [0.2, 0.25) is 0 Å². The Morgan fingerprint density at radius 1 is 1.42 bits per heavy atom. The molecular formula is C15H18FNO2. The van der Waals surface area contributed by atoms with Gasteiger partial charge in [-0.05, 0) is 29.5 Å². The highest BCUT2D eigenvalue weighted by Crippen LogP contribution is 2.45. The van der Waals surface area contributed by atoms with Crippen LogP contribution in [0.5, 0.6) is 0 Å². The van der Waals surface area contributed by atoms with Gasteiger partial charge in [0.1, 0.15) is 5.82 Å². The fourth-order valence-electron chi connectivity index (χ4n) is 3.08. The minimum absolute atomic E-state index is 0.242. The van der Waals surface area contributed by atoms with E-state index < -0.39 is 11.3 Å². The zero-order valence-electron chi connectivity index (χ0n) is 11.2. The summed E-state index contributed by atoms with van der Waals surface area (Å²) in [5.41, 5.74) is 0.197. The number of amides is 2. The number of benzene rings is 1. The third-order valence-corrected chi connectivity index (χ3v) is 3.79. The highest BCUT2D eigenvalue weighted by atomic mass is 19.1. The van der Waals surface area contributed by atoms with Gasteiger partial charge in [-0.2, -0.15) is 0 Å². The molecule has 4 heteroatoms. The molecule has 0 saturated carbocycles. The summed E-state index contributed by atoms with van der Waals surface area (Å²) in [7, 11) is 0. The minimum atomic E-state index is -0.471. The van der Waals surface area contributed by atoms with Crippen LogP contribution in [-0.4, -0.2) is 11.8 Å². The van der Waals surface area contributed by atoms with Gasteiger partial charge in [0, 0.05) is 6.42 Å². The number of rotatable bonds is 3. The lowest BCUT2D eigenvalue weighted by molar-refractivity contribution is -0.139. The maximum Gasteiger partial charge on any atom is 0.234 e. The molecule has 1 fully saturated rings. The molecule has 2 rings (SSSR count). The molecule has 2 unspecified atom stereocenters. The van der Waals surface area contributed by atoms with E-state index in [9.17, 15) is 14.0 Å². The van der Waals surface area contributed by atoms with Crippen LogP contribution in [0.4, 0.5) is 4.39 Å². The van der Waals surface area contributed by atoms with E-state index in [2.05, 4.69) is 5.32 Å². The van der Waals surface area contributed by atoms with Crippen molar-refractivity contribution in [2.24, 2.45) is 5.41 Å². The quantitative estimate of drug-likeness (QED) is 0.852. The SMILES string of the molecule is CCCC1(C)CC(=O)NC(=O)C1c1cccc(F)c1. The van der Waals surface area contributed by atoms with E-state index >= 15 is 0 Å². The van der Waals surface area contributed by atoms with Gasteiger partial charge in [-0.25, -0.2) is 4.39 Å². The van der Waals surface area contributed by atoms with Gasteiger partial charge < -0.3 is 0 Å². The summed E-state index contributed by atoms with van der Waals surface area (Å²) in [6, 6.07) is 6.08. The summed E-state index contributed by atoms with van der Waals surface area (Å²) in [6.45, 7) is 3.95. The molecule has 19 heavy (non-hydrogen) atoms. The molecule has 0 bridgehead atoms. The fourth-order valence-corrected chi connectivity index (χ4v) is 3.08. The number of hydrogen-bond donors (Lipinski definition) is 1. The summed E-state index contributed by atoms with van der Waals surface area (Å²) in [5.74, 6) is -1.40. The van der Waals surface area contributed by atoms with Crippen LogP contribution >= 0.6 is 0 Å². The Bertz CT molecular complexity index is 515. The van der Waals surface area contributed by atoms with Crippen LogP contribution in [0.3, 0.4) is 0 Å². The first kappa shape index (κ1) is 13.7. The van der Waals surface area contributed by atoms with Crippen molar-refractivity contribution in [3.63, 3.8) is 0 Å². The Kier molecular flexibility index (Phi) is 3.69. The predicted molar refractivity (Wildman–Crippen MR) is 69.9 cm³/mol. The van der Waals surface area contributed by atoms with Crippen molar-refractivity contribution >= 4 is 11.8 Å². The molecule has 0 aliphatic carbocycles. The maximum atomic E-state index is 13.4. The Labute approximate surface area is 112 Å². The second-order valence-electron chi connectivity index (χ2n) is 5.48. The first-order chi connectivity index (χ1) is 8.96. The normalized spacial score (nSPS) is 27.2. The molecule has 1 N–H and O–H groups in total. The van der Waals surface area contributed by atoms with Crippen molar-refractivity contribution in [2.75, 3.05) is 0 Å². The molecule has 2 atom stereocenters. The monoisotopic (exact) mass is 263 g/mol. The van der Waals surface area contributed by atoms with Gasteiger partial charge in [-0.3, -0.25) is 14.9 Å². The van der Waals surface area contributed by atoms with E-state index in [1.54, 1.807) is 12.1 Å². The number of carbonyl (C=O) groups excluding carboxylic acids is 2. The molecule has 3 nitrogen and oxygen atoms in total. The van der Waals surface area contributed by atoms with Crippen LogP contribution < -0.4 is 5.32 Å². The third kappa shape index (κ3) is 2.67. The highest BCUT2D eigenvalue weighted by Gasteiger charge is 2.45. The van der Waals surface area contributed by atoms with Crippen LogP contribution in [0.25, 0.3) is 0 Å². The number of carbonyl (C=O) groups is 2. The lowest BCUT2D eigenvalue weighted by Gasteiger charge is -2.40. The molecule has 1 aliphatic heterocycles. The van der Waals surface area contributed by atoms with Crippen molar-refractivity contribution in [2.45, 2.75) is 39.0 Å². The summed E-state index contributed by atoms with van der Waals surface area (Å²) in [4.78, 5) is 23.8. The Balaban J connectivity index is 2.43. The first-order valence-electron chi connectivity index (χ1n) is 6.55. The average molecular weight is 263 g/mol. The molecule has 0 radical (unpaired) electrons. The van der Waals surface area contributed by atoms with E-state index in [1.165, 1.54) is 12.1 Å². The van der Waals surface area contributed by atoms with Crippen LogP contribution in [0.15, 0.2) is 24.3 Å². The minimum Gasteiger partial charge on any atom is -0.296 e. The molecule has 1 aromatic carbocycles.